The molecule has 0 spiro atoms. The Hall–Kier alpha value is -0.870. The molecule has 0 bridgehead atoms. The van der Waals surface area contributed by atoms with E-state index in [0.29, 0.717) is 12.0 Å². The van der Waals surface area contributed by atoms with Crippen LogP contribution in [0, 0.1) is 5.92 Å². The zero-order valence-electron chi connectivity index (χ0n) is 11.2. The molecule has 2 rings (SSSR count). The molecular formula is C14H21NO2S. The van der Waals surface area contributed by atoms with Crippen LogP contribution in [0.25, 0.3) is 0 Å². The lowest BCUT2D eigenvalue weighted by Gasteiger charge is -2.40. The molecule has 1 aliphatic rings. The lowest BCUT2D eigenvalue weighted by molar-refractivity contribution is -0.145. The Morgan fingerprint density at radius 2 is 2.33 bits per heavy atom. The first-order valence-corrected chi connectivity index (χ1v) is 7.49. The van der Waals surface area contributed by atoms with E-state index in [0.717, 1.165) is 24.9 Å². The van der Waals surface area contributed by atoms with E-state index in [1.54, 1.807) is 11.3 Å². The molecule has 4 heteroatoms. The third-order valence-electron chi connectivity index (χ3n) is 4.23. The molecule has 1 aromatic heterocycles. The Morgan fingerprint density at radius 1 is 1.61 bits per heavy atom. The standard InChI is InChI=1S/C14H21NO2S/c1-4-9(2)10(3)15-7-5-12-11(6-8-18-12)13(15)14(16)17/h6,8-10,13H,4-5,7H2,1-3H3,(H,16,17). The van der Waals surface area contributed by atoms with Gasteiger partial charge in [-0.1, -0.05) is 20.3 Å². The average Bonchev–Trinajstić information content (AvgIpc) is 2.83. The monoisotopic (exact) mass is 267 g/mol. The number of aliphatic carboxylic acids is 1. The van der Waals surface area contributed by atoms with Gasteiger partial charge in [-0.25, -0.2) is 0 Å². The van der Waals surface area contributed by atoms with Crippen molar-refractivity contribution in [2.24, 2.45) is 5.92 Å². The first-order valence-electron chi connectivity index (χ1n) is 6.61. The van der Waals surface area contributed by atoms with Crippen molar-refractivity contribution in [2.45, 2.75) is 45.7 Å². The van der Waals surface area contributed by atoms with Crippen LogP contribution >= 0.6 is 11.3 Å². The Balaban J connectivity index is 2.30. The molecule has 2 heterocycles. The maximum absolute atomic E-state index is 11.6. The minimum absolute atomic E-state index is 0.309. The van der Waals surface area contributed by atoms with Gasteiger partial charge in [-0.05, 0) is 36.3 Å². The minimum atomic E-state index is -0.718. The highest BCUT2D eigenvalue weighted by Crippen LogP contribution is 2.36. The zero-order chi connectivity index (χ0) is 13.3. The summed E-state index contributed by atoms with van der Waals surface area (Å²) >= 11 is 1.68. The highest BCUT2D eigenvalue weighted by molar-refractivity contribution is 7.10. The number of carboxylic acid groups (broad SMARTS) is 1. The fraction of sp³-hybridized carbons (Fsp3) is 0.643. The van der Waals surface area contributed by atoms with E-state index in [9.17, 15) is 9.90 Å². The molecule has 3 nitrogen and oxygen atoms in total. The van der Waals surface area contributed by atoms with Crippen LogP contribution in [0.3, 0.4) is 0 Å². The normalized spacial score (nSPS) is 23.4. The van der Waals surface area contributed by atoms with E-state index in [4.69, 9.17) is 0 Å². The highest BCUT2D eigenvalue weighted by Gasteiger charge is 2.37. The second-order valence-corrected chi connectivity index (χ2v) is 6.15. The van der Waals surface area contributed by atoms with E-state index in [1.165, 1.54) is 4.88 Å². The van der Waals surface area contributed by atoms with Gasteiger partial charge in [-0.15, -0.1) is 11.3 Å². The van der Waals surface area contributed by atoms with Gasteiger partial charge in [0.2, 0.25) is 0 Å². The molecule has 0 amide bonds. The number of fused-ring (bicyclic) bond motifs is 1. The van der Waals surface area contributed by atoms with Gasteiger partial charge in [0, 0.05) is 17.5 Å². The van der Waals surface area contributed by atoms with Crippen LogP contribution in [-0.4, -0.2) is 28.6 Å². The smallest absolute Gasteiger partial charge is 0.325 e. The first-order chi connectivity index (χ1) is 8.56. The maximum atomic E-state index is 11.6. The molecule has 1 aromatic rings. The Bertz CT molecular complexity index is 429. The quantitative estimate of drug-likeness (QED) is 0.911. The number of carbonyl (C=O) groups is 1. The molecule has 3 unspecified atom stereocenters. The summed E-state index contributed by atoms with van der Waals surface area (Å²) in [6.07, 6.45) is 2.07. The maximum Gasteiger partial charge on any atom is 0.325 e. The molecule has 100 valence electrons. The third kappa shape index (κ3) is 2.31. The summed E-state index contributed by atoms with van der Waals surface area (Å²) in [4.78, 5) is 15.0. The van der Waals surface area contributed by atoms with Crippen LogP contribution in [0.4, 0.5) is 0 Å². The van der Waals surface area contributed by atoms with Crippen LogP contribution in [0.15, 0.2) is 11.4 Å². The molecule has 0 radical (unpaired) electrons. The predicted octanol–water partition coefficient (Wildman–Crippen LogP) is 3.17. The lowest BCUT2D eigenvalue weighted by Crippen LogP contribution is -2.46. The topological polar surface area (TPSA) is 40.5 Å². The van der Waals surface area contributed by atoms with Crippen LogP contribution in [0.2, 0.25) is 0 Å². The molecule has 3 atom stereocenters. The highest BCUT2D eigenvalue weighted by atomic mass is 32.1. The number of carboxylic acids is 1. The SMILES string of the molecule is CCC(C)C(C)N1CCc2sccc2C1C(=O)O. The van der Waals surface area contributed by atoms with Crippen LogP contribution in [0.1, 0.15) is 43.7 Å². The average molecular weight is 267 g/mol. The van der Waals surface area contributed by atoms with Crippen LogP contribution in [-0.2, 0) is 11.2 Å². The Kier molecular flexibility index (Phi) is 4.07. The van der Waals surface area contributed by atoms with Crippen LogP contribution < -0.4 is 0 Å². The van der Waals surface area contributed by atoms with Crippen molar-refractivity contribution in [3.05, 3.63) is 21.9 Å². The van der Waals surface area contributed by atoms with Crippen molar-refractivity contribution >= 4 is 17.3 Å². The van der Waals surface area contributed by atoms with Crippen LogP contribution in [0.5, 0.6) is 0 Å². The number of rotatable bonds is 4. The van der Waals surface area contributed by atoms with Gasteiger partial charge >= 0.3 is 5.97 Å². The van der Waals surface area contributed by atoms with Gasteiger partial charge < -0.3 is 5.11 Å². The Labute approximate surface area is 112 Å². The summed E-state index contributed by atoms with van der Waals surface area (Å²) < 4.78 is 0. The molecule has 0 aromatic carbocycles. The predicted molar refractivity (Wildman–Crippen MR) is 74.0 cm³/mol. The molecule has 0 fully saturated rings. The van der Waals surface area contributed by atoms with E-state index < -0.39 is 12.0 Å². The second kappa shape index (κ2) is 5.41. The minimum Gasteiger partial charge on any atom is -0.480 e. The van der Waals surface area contributed by atoms with Crippen molar-refractivity contribution < 1.29 is 9.90 Å². The number of hydrogen-bond acceptors (Lipinski definition) is 3. The number of nitrogens with zero attached hydrogens (tertiary/aromatic N) is 1. The third-order valence-corrected chi connectivity index (χ3v) is 5.22. The van der Waals surface area contributed by atoms with Crippen molar-refractivity contribution in [2.75, 3.05) is 6.54 Å². The van der Waals surface area contributed by atoms with E-state index in [1.807, 2.05) is 11.4 Å². The first kappa shape index (κ1) is 13.6. The molecular weight excluding hydrogens is 246 g/mol. The summed E-state index contributed by atoms with van der Waals surface area (Å²) in [7, 11) is 0. The number of thiophene rings is 1. The van der Waals surface area contributed by atoms with Gasteiger partial charge in [0.05, 0.1) is 0 Å². The van der Waals surface area contributed by atoms with Crippen molar-refractivity contribution in [1.82, 2.24) is 4.90 Å². The fourth-order valence-electron chi connectivity index (χ4n) is 2.72. The second-order valence-electron chi connectivity index (χ2n) is 5.15. The molecule has 0 saturated carbocycles. The van der Waals surface area contributed by atoms with E-state index >= 15 is 0 Å². The van der Waals surface area contributed by atoms with Crippen molar-refractivity contribution in [3.8, 4) is 0 Å². The van der Waals surface area contributed by atoms with Crippen molar-refractivity contribution in [3.63, 3.8) is 0 Å². The van der Waals surface area contributed by atoms with Gasteiger partial charge in [0.15, 0.2) is 0 Å². The lowest BCUT2D eigenvalue weighted by atomic mass is 9.92. The molecule has 18 heavy (non-hydrogen) atoms. The van der Waals surface area contributed by atoms with Gasteiger partial charge in [0.25, 0.3) is 0 Å². The summed E-state index contributed by atoms with van der Waals surface area (Å²) in [5.74, 6) is -0.198. The summed E-state index contributed by atoms with van der Waals surface area (Å²) in [5, 5.41) is 11.6. The van der Waals surface area contributed by atoms with Gasteiger partial charge in [-0.3, -0.25) is 9.69 Å². The summed E-state index contributed by atoms with van der Waals surface area (Å²) in [6, 6.07) is 1.84. The summed E-state index contributed by atoms with van der Waals surface area (Å²) in [6.45, 7) is 7.38. The Morgan fingerprint density at radius 3 is 2.94 bits per heavy atom. The zero-order valence-corrected chi connectivity index (χ0v) is 12.0. The molecule has 1 N–H and O–H groups in total. The molecule has 0 saturated heterocycles. The van der Waals surface area contributed by atoms with E-state index in [-0.39, 0.29) is 0 Å². The number of hydrogen-bond donors (Lipinski definition) is 1. The van der Waals surface area contributed by atoms with Gasteiger partial charge in [0.1, 0.15) is 6.04 Å². The molecule has 1 aliphatic heterocycles. The largest absolute Gasteiger partial charge is 0.480 e. The fourth-order valence-corrected chi connectivity index (χ4v) is 3.62. The van der Waals surface area contributed by atoms with E-state index in [2.05, 4.69) is 25.7 Å². The van der Waals surface area contributed by atoms with Crippen molar-refractivity contribution in [1.29, 1.82) is 0 Å². The molecule has 0 aliphatic carbocycles. The van der Waals surface area contributed by atoms with Gasteiger partial charge in [-0.2, -0.15) is 0 Å². The summed E-state index contributed by atoms with van der Waals surface area (Å²) in [5.41, 5.74) is 1.01.